The van der Waals surface area contributed by atoms with Crippen molar-refractivity contribution in [1.82, 2.24) is 10.6 Å². The summed E-state index contributed by atoms with van der Waals surface area (Å²) in [6, 6.07) is 4.05. The van der Waals surface area contributed by atoms with Crippen LogP contribution < -0.4 is 10.6 Å². The molecular formula is C13H18N2O2S. The molecule has 1 aromatic rings. The van der Waals surface area contributed by atoms with E-state index in [0.29, 0.717) is 12.5 Å². The van der Waals surface area contributed by atoms with Gasteiger partial charge in [0.2, 0.25) is 11.8 Å². The van der Waals surface area contributed by atoms with Crippen LogP contribution in [0.1, 0.15) is 18.2 Å². The van der Waals surface area contributed by atoms with E-state index < -0.39 is 0 Å². The van der Waals surface area contributed by atoms with Gasteiger partial charge in [0, 0.05) is 17.3 Å². The van der Waals surface area contributed by atoms with E-state index in [9.17, 15) is 9.59 Å². The quantitative estimate of drug-likeness (QED) is 0.812. The summed E-state index contributed by atoms with van der Waals surface area (Å²) < 4.78 is 0. The van der Waals surface area contributed by atoms with Crippen molar-refractivity contribution in [2.24, 2.45) is 11.8 Å². The number of rotatable bonds is 6. The fraction of sp³-hybridized carbons (Fsp3) is 0.538. The van der Waals surface area contributed by atoms with E-state index in [-0.39, 0.29) is 24.3 Å². The molecule has 2 unspecified atom stereocenters. The van der Waals surface area contributed by atoms with Gasteiger partial charge in [-0.2, -0.15) is 0 Å². The Balaban J connectivity index is 1.56. The minimum atomic E-state index is -0.117. The summed E-state index contributed by atoms with van der Waals surface area (Å²) in [4.78, 5) is 24.2. The molecule has 1 saturated carbocycles. The molecule has 1 aliphatic carbocycles. The highest BCUT2D eigenvalue weighted by atomic mass is 32.1. The topological polar surface area (TPSA) is 58.2 Å². The Bertz CT molecular complexity index is 417. The number of hydrogen-bond acceptors (Lipinski definition) is 3. The summed E-state index contributed by atoms with van der Waals surface area (Å²) in [6.07, 6.45) is 1.79. The molecule has 1 fully saturated rings. The van der Waals surface area contributed by atoms with Gasteiger partial charge in [-0.15, -0.1) is 11.3 Å². The Morgan fingerprint density at radius 3 is 2.83 bits per heavy atom. The molecule has 18 heavy (non-hydrogen) atoms. The lowest BCUT2D eigenvalue weighted by molar-refractivity contribution is -0.126. The van der Waals surface area contributed by atoms with E-state index in [1.54, 1.807) is 11.3 Å². The maximum Gasteiger partial charge on any atom is 0.239 e. The number of amides is 2. The molecule has 0 radical (unpaired) electrons. The number of nitrogens with one attached hydrogen (secondary N) is 2. The van der Waals surface area contributed by atoms with Crippen molar-refractivity contribution >= 4 is 23.2 Å². The second kappa shape index (κ2) is 6.00. The Hall–Kier alpha value is -1.36. The molecule has 2 N–H and O–H groups in total. The lowest BCUT2D eigenvalue weighted by Crippen LogP contribution is -2.38. The van der Waals surface area contributed by atoms with Crippen molar-refractivity contribution in [1.29, 1.82) is 0 Å². The van der Waals surface area contributed by atoms with Crippen LogP contribution in [0.15, 0.2) is 17.5 Å². The molecule has 2 amide bonds. The minimum Gasteiger partial charge on any atom is -0.354 e. The molecule has 0 aliphatic heterocycles. The third-order valence-electron chi connectivity index (χ3n) is 3.14. The van der Waals surface area contributed by atoms with E-state index in [0.717, 1.165) is 12.8 Å². The average Bonchev–Trinajstić information content (AvgIpc) is 2.87. The van der Waals surface area contributed by atoms with Crippen LogP contribution in [-0.2, 0) is 16.0 Å². The van der Waals surface area contributed by atoms with Gasteiger partial charge in [-0.3, -0.25) is 9.59 Å². The lowest BCUT2D eigenvalue weighted by atomic mass is 10.3. The Morgan fingerprint density at radius 1 is 1.44 bits per heavy atom. The largest absolute Gasteiger partial charge is 0.354 e. The van der Waals surface area contributed by atoms with Crippen molar-refractivity contribution in [3.05, 3.63) is 22.4 Å². The normalized spacial score (nSPS) is 21.4. The summed E-state index contributed by atoms with van der Waals surface area (Å²) in [6.45, 7) is 2.76. The zero-order chi connectivity index (χ0) is 13.0. The van der Waals surface area contributed by atoms with Crippen LogP contribution >= 0.6 is 11.3 Å². The van der Waals surface area contributed by atoms with E-state index in [2.05, 4.69) is 10.6 Å². The molecule has 4 nitrogen and oxygen atoms in total. The molecule has 0 bridgehead atoms. The van der Waals surface area contributed by atoms with Crippen LogP contribution in [0, 0.1) is 11.8 Å². The highest BCUT2D eigenvalue weighted by Gasteiger charge is 2.38. The standard InChI is InChI=1S/C13H18N2O2S/c1-9-7-11(9)13(17)15-8-12(16)14-5-4-10-3-2-6-18-10/h2-3,6,9,11H,4-5,7-8H2,1H3,(H,14,16)(H,15,17). The van der Waals surface area contributed by atoms with Crippen molar-refractivity contribution in [3.63, 3.8) is 0 Å². The lowest BCUT2D eigenvalue weighted by Gasteiger charge is -2.06. The SMILES string of the molecule is CC1CC1C(=O)NCC(=O)NCCc1cccs1. The molecule has 0 spiro atoms. The number of carbonyl (C=O) groups excluding carboxylic acids is 2. The molecule has 5 heteroatoms. The Labute approximate surface area is 111 Å². The fourth-order valence-corrected chi connectivity index (χ4v) is 2.54. The van der Waals surface area contributed by atoms with Crippen LogP contribution in [-0.4, -0.2) is 24.9 Å². The predicted molar refractivity (Wildman–Crippen MR) is 71.3 cm³/mol. The number of hydrogen-bond donors (Lipinski definition) is 2. The van der Waals surface area contributed by atoms with Gasteiger partial charge in [-0.1, -0.05) is 13.0 Å². The van der Waals surface area contributed by atoms with Crippen LogP contribution in [0.3, 0.4) is 0 Å². The van der Waals surface area contributed by atoms with Crippen LogP contribution in [0.2, 0.25) is 0 Å². The smallest absolute Gasteiger partial charge is 0.239 e. The second-order valence-corrected chi connectivity index (χ2v) is 5.75. The predicted octanol–water partition coefficient (Wildman–Crippen LogP) is 1.18. The monoisotopic (exact) mass is 266 g/mol. The fourth-order valence-electron chi connectivity index (χ4n) is 1.83. The molecule has 98 valence electrons. The third kappa shape index (κ3) is 3.84. The summed E-state index contributed by atoms with van der Waals surface area (Å²) in [5.74, 6) is 0.500. The number of thiophene rings is 1. The van der Waals surface area contributed by atoms with E-state index in [1.807, 2.05) is 24.4 Å². The van der Waals surface area contributed by atoms with Crippen molar-refractivity contribution in [3.8, 4) is 0 Å². The van der Waals surface area contributed by atoms with Crippen LogP contribution in [0.5, 0.6) is 0 Å². The van der Waals surface area contributed by atoms with Gasteiger partial charge in [-0.25, -0.2) is 0 Å². The first-order chi connectivity index (χ1) is 8.66. The maximum absolute atomic E-state index is 11.5. The highest BCUT2D eigenvalue weighted by molar-refractivity contribution is 7.09. The van der Waals surface area contributed by atoms with Gasteiger partial charge in [0.25, 0.3) is 0 Å². The molecular weight excluding hydrogens is 248 g/mol. The first-order valence-corrected chi connectivity index (χ1v) is 7.11. The third-order valence-corrected chi connectivity index (χ3v) is 4.08. The van der Waals surface area contributed by atoms with E-state index >= 15 is 0 Å². The van der Waals surface area contributed by atoms with E-state index in [4.69, 9.17) is 0 Å². The molecule has 2 rings (SSSR count). The van der Waals surface area contributed by atoms with Gasteiger partial charge >= 0.3 is 0 Å². The molecule has 1 aromatic heterocycles. The van der Waals surface area contributed by atoms with E-state index in [1.165, 1.54) is 4.88 Å². The zero-order valence-corrected chi connectivity index (χ0v) is 11.3. The molecule has 1 heterocycles. The van der Waals surface area contributed by atoms with Crippen molar-refractivity contribution in [2.45, 2.75) is 19.8 Å². The van der Waals surface area contributed by atoms with Gasteiger partial charge < -0.3 is 10.6 Å². The van der Waals surface area contributed by atoms with Crippen molar-refractivity contribution < 1.29 is 9.59 Å². The van der Waals surface area contributed by atoms with Crippen molar-refractivity contribution in [2.75, 3.05) is 13.1 Å². The average molecular weight is 266 g/mol. The summed E-state index contributed by atoms with van der Waals surface area (Å²) >= 11 is 1.68. The van der Waals surface area contributed by atoms with Crippen LogP contribution in [0.25, 0.3) is 0 Å². The Morgan fingerprint density at radius 2 is 2.22 bits per heavy atom. The summed E-state index contributed by atoms with van der Waals surface area (Å²) in [5, 5.41) is 7.49. The summed E-state index contributed by atoms with van der Waals surface area (Å²) in [7, 11) is 0. The molecule has 0 aromatic carbocycles. The minimum absolute atomic E-state index is 0.0101. The first kappa shape index (κ1) is 13.1. The molecule has 0 saturated heterocycles. The highest BCUT2D eigenvalue weighted by Crippen LogP contribution is 2.37. The van der Waals surface area contributed by atoms with Gasteiger partial charge in [0.05, 0.1) is 6.54 Å². The van der Waals surface area contributed by atoms with Gasteiger partial charge in [0.15, 0.2) is 0 Å². The second-order valence-electron chi connectivity index (χ2n) is 4.72. The molecule has 1 aliphatic rings. The van der Waals surface area contributed by atoms with Gasteiger partial charge in [0.1, 0.15) is 0 Å². The zero-order valence-electron chi connectivity index (χ0n) is 10.4. The Kier molecular flexibility index (Phi) is 4.36. The number of carbonyl (C=O) groups is 2. The van der Waals surface area contributed by atoms with Gasteiger partial charge in [-0.05, 0) is 30.2 Å². The molecule has 2 atom stereocenters. The maximum atomic E-state index is 11.5. The first-order valence-electron chi connectivity index (χ1n) is 6.23. The van der Waals surface area contributed by atoms with Crippen LogP contribution in [0.4, 0.5) is 0 Å². The summed E-state index contributed by atoms with van der Waals surface area (Å²) in [5.41, 5.74) is 0.